The van der Waals surface area contributed by atoms with E-state index in [-0.39, 0.29) is 0 Å². The molecule has 3 nitrogen and oxygen atoms in total. The second-order valence-electron chi connectivity index (χ2n) is 6.76. The zero-order chi connectivity index (χ0) is 22.4. The molecule has 0 fully saturated rings. The highest BCUT2D eigenvalue weighted by Gasteiger charge is 2.15. The van der Waals surface area contributed by atoms with Gasteiger partial charge in [0, 0.05) is 26.6 Å². The number of benzene rings is 3. The molecular formula is C23H20BrCl4NO2. The Balaban J connectivity index is 1.69. The van der Waals surface area contributed by atoms with E-state index in [1.165, 1.54) is 0 Å². The summed E-state index contributed by atoms with van der Waals surface area (Å²) in [5.74, 6) is 1.32. The van der Waals surface area contributed by atoms with Crippen molar-refractivity contribution in [3.8, 4) is 11.5 Å². The molecule has 0 atom stereocenters. The minimum atomic E-state index is 0.330. The van der Waals surface area contributed by atoms with Gasteiger partial charge in [0.25, 0.3) is 0 Å². The van der Waals surface area contributed by atoms with E-state index in [0.717, 1.165) is 34.1 Å². The van der Waals surface area contributed by atoms with Gasteiger partial charge >= 0.3 is 0 Å². The van der Waals surface area contributed by atoms with Gasteiger partial charge < -0.3 is 14.8 Å². The lowest BCUT2D eigenvalue weighted by atomic mass is 10.1. The van der Waals surface area contributed by atoms with Gasteiger partial charge in [0.15, 0.2) is 11.5 Å². The summed E-state index contributed by atoms with van der Waals surface area (Å²) >= 11 is 28.0. The summed E-state index contributed by atoms with van der Waals surface area (Å²) in [6.07, 6.45) is 0.775. The first-order chi connectivity index (χ1) is 14.9. The maximum atomic E-state index is 6.26. The van der Waals surface area contributed by atoms with Crippen molar-refractivity contribution < 1.29 is 9.47 Å². The molecule has 31 heavy (non-hydrogen) atoms. The first kappa shape index (κ1) is 24.5. The number of hydrogen-bond donors (Lipinski definition) is 1. The van der Waals surface area contributed by atoms with Crippen LogP contribution in [0, 0.1) is 0 Å². The maximum absolute atomic E-state index is 6.26. The van der Waals surface area contributed by atoms with E-state index in [9.17, 15) is 0 Å². The Morgan fingerprint density at radius 1 is 0.903 bits per heavy atom. The van der Waals surface area contributed by atoms with Crippen LogP contribution in [-0.2, 0) is 19.6 Å². The van der Waals surface area contributed by atoms with Crippen LogP contribution in [0.5, 0.6) is 11.5 Å². The molecular weight excluding hydrogens is 544 g/mol. The number of halogens is 5. The highest BCUT2D eigenvalue weighted by molar-refractivity contribution is 9.10. The van der Waals surface area contributed by atoms with E-state index in [1.807, 2.05) is 30.3 Å². The monoisotopic (exact) mass is 561 g/mol. The number of ether oxygens (including phenoxy) is 2. The third-order valence-electron chi connectivity index (χ3n) is 4.64. The van der Waals surface area contributed by atoms with Crippen LogP contribution in [0.3, 0.4) is 0 Å². The molecule has 0 aliphatic carbocycles. The van der Waals surface area contributed by atoms with Gasteiger partial charge in [-0.25, -0.2) is 0 Å². The van der Waals surface area contributed by atoms with Gasteiger partial charge in [0.1, 0.15) is 6.61 Å². The predicted molar refractivity (Wildman–Crippen MR) is 133 cm³/mol. The standard InChI is InChI=1S/C23H20BrCl4NO2/c1-30-22-7-5-18(24)17(12-29-9-8-15-3-4-16(25)11-20(15)27)23(22)31-13-14-2-6-19(26)21(28)10-14/h2-7,10-11,29H,8-9,12-13H2,1H3. The topological polar surface area (TPSA) is 30.5 Å². The van der Waals surface area contributed by atoms with Crippen LogP contribution in [0.1, 0.15) is 16.7 Å². The SMILES string of the molecule is COc1ccc(Br)c(CNCCc2ccc(Cl)cc2Cl)c1OCc1ccc(Cl)c(Cl)c1. The fourth-order valence-electron chi connectivity index (χ4n) is 3.01. The highest BCUT2D eigenvalue weighted by atomic mass is 79.9. The minimum absolute atomic E-state index is 0.330. The van der Waals surface area contributed by atoms with Gasteiger partial charge in [-0.1, -0.05) is 74.5 Å². The quantitative estimate of drug-likeness (QED) is 0.268. The summed E-state index contributed by atoms with van der Waals surface area (Å²) in [4.78, 5) is 0. The van der Waals surface area contributed by atoms with Gasteiger partial charge in [-0.3, -0.25) is 0 Å². The van der Waals surface area contributed by atoms with Crippen LogP contribution in [0.15, 0.2) is 53.0 Å². The van der Waals surface area contributed by atoms with Crippen molar-refractivity contribution in [3.63, 3.8) is 0 Å². The van der Waals surface area contributed by atoms with Crippen LogP contribution in [0.25, 0.3) is 0 Å². The average molecular weight is 564 g/mol. The van der Waals surface area contributed by atoms with Crippen LogP contribution in [0.2, 0.25) is 20.1 Å². The zero-order valence-electron chi connectivity index (χ0n) is 16.7. The fourth-order valence-corrected chi connectivity index (χ4v) is 4.29. The molecule has 164 valence electrons. The molecule has 0 spiro atoms. The molecule has 0 saturated carbocycles. The second-order valence-corrected chi connectivity index (χ2v) is 9.27. The largest absolute Gasteiger partial charge is 0.493 e. The van der Waals surface area contributed by atoms with Crippen LogP contribution >= 0.6 is 62.3 Å². The third-order valence-corrected chi connectivity index (χ3v) is 6.71. The lowest BCUT2D eigenvalue weighted by Crippen LogP contribution is -2.18. The Morgan fingerprint density at radius 2 is 1.71 bits per heavy atom. The molecule has 8 heteroatoms. The lowest BCUT2D eigenvalue weighted by Gasteiger charge is -2.17. The Labute approximate surface area is 210 Å². The predicted octanol–water partition coefficient (Wildman–Crippen LogP) is 7.98. The molecule has 0 unspecified atom stereocenters. The zero-order valence-corrected chi connectivity index (χ0v) is 21.3. The van der Waals surface area contributed by atoms with E-state index in [0.29, 0.717) is 44.7 Å². The van der Waals surface area contributed by atoms with Crippen molar-refractivity contribution in [1.29, 1.82) is 0 Å². The molecule has 3 rings (SSSR count). The van der Waals surface area contributed by atoms with Crippen LogP contribution in [-0.4, -0.2) is 13.7 Å². The maximum Gasteiger partial charge on any atom is 0.167 e. The van der Waals surface area contributed by atoms with Crippen molar-refractivity contribution in [3.05, 3.63) is 89.8 Å². The molecule has 0 saturated heterocycles. The van der Waals surface area contributed by atoms with Crippen molar-refractivity contribution in [2.75, 3.05) is 13.7 Å². The first-order valence-electron chi connectivity index (χ1n) is 9.45. The fraction of sp³-hybridized carbons (Fsp3) is 0.217. The Morgan fingerprint density at radius 3 is 2.42 bits per heavy atom. The van der Waals surface area contributed by atoms with E-state index in [1.54, 1.807) is 25.3 Å². The third kappa shape index (κ3) is 6.67. The molecule has 3 aromatic carbocycles. The molecule has 0 amide bonds. The molecule has 0 heterocycles. The van der Waals surface area contributed by atoms with Gasteiger partial charge in [0.05, 0.1) is 17.2 Å². The number of nitrogens with one attached hydrogen (secondary N) is 1. The van der Waals surface area contributed by atoms with Crippen molar-refractivity contribution in [2.45, 2.75) is 19.6 Å². The van der Waals surface area contributed by atoms with E-state index in [4.69, 9.17) is 55.9 Å². The van der Waals surface area contributed by atoms with Crippen LogP contribution in [0.4, 0.5) is 0 Å². The number of methoxy groups -OCH3 is 1. The Bertz CT molecular complexity index is 1060. The first-order valence-corrected chi connectivity index (χ1v) is 11.8. The second kappa shape index (κ2) is 11.6. The molecule has 3 aromatic rings. The summed E-state index contributed by atoms with van der Waals surface area (Å²) in [5.41, 5.74) is 2.91. The Hall–Kier alpha value is -1.14. The van der Waals surface area contributed by atoms with Gasteiger partial charge in [-0.2, -0.15) is 0 Å². The lowest BCUT2D eigenvalue weighted by molar-refractivity contribution is 0.280. The van der Waals surface area contributed by atoms with Gasteiger partial charge in [-0.05, 0) is 60.5 Å². The Kier molecular flexibility index (Phi) is 9.20. The molecule has 0 aromatic heterocycles. The minimum Gasteiger partial charge on any atom is -0.493 e. The van der Waals surface area contributed by atoms with Crippen LogP contribution < -0.4 is 14.8 Å². The average Bonchev–Trinajstić information content (AvgIpc) is 2.74. The smallest absolute Gasteiger partial charge is 0.167 e. The summed E-state index contributed by atoms with van der Waals surface area (Å²) < 4.78 is 12.6. The summed E-state index contributed by atoms with van der Waals surface area (Å²) in [6.45, 7) is 1.65. The number of rotatable bonds is 9. The summed E-state index contributed by atoms with van der Waals surface area (Å²) in [7, 11) is 1.62. The van der Waals surface area contributed by atoms with Crippen molar-refractivity contribution >= 4 is 62.3 Å². The molecule has 0 aliphatic heterocycles. The van der Waals surface area contributed by atoms with Crippen molar-refractivity contribution in [1.82, 2.24) is 5.32 Å². The van der Waals surface area contributed by atoms with E-state index in [2.05, 4.69) is 21.2 Å². The summed E-state index contributed by atoms with van der Waals surface area (Å²) in [5, 5.41) is 5.75. The molecule has 0 bridgehead atoms. The molecule has 0 aliphatic rings. The van der Waals surface area contributed by atoms with Gasteiger partial charge in [0.2, 0.25) is 0 Å². The normalized spacial score (nSPS) is 10.9. The van der Waals surface area contributed by atoms with E-state index >= 15 is 0 Å². The summed E-state index contributed by atoms with van der Waals surface area (Å²) in [6, 6.07) is 14.8. The molecule has 0 radical (unpaired) electrons. The highest BCUT2D eigenvalue weighted by Crippen LogP contribution is 2.37. The number of hydrogen-bond acceptors (Lipinski definition) is 3. The van der Waals surface area contributed by atoms with Gasteiger partial charge in [-0.15, -0.1) is 0 Å². The van der Waals surface area contributed by atoms with E-state index < -0.39 is 0 Å². The van der Waals surface area contributed by atoms with Crippen molar-refractivity contribution in [2.24, 2.45) is 0 Å². The molecule has 1 N–H and O–H groups in total.